The molecule has 0 saturated heterocycles. The second-order valence-electron chi connectivity index (χ2n) is 5.56. The molecule has 0 amide bonds. The van der Waals surface area contributed by atoms with Gasteiger partial charge in [0, 0.05) is 11.9 Å². The third-order valence-corrected chi connectivity index (χ3v) is 3.54. The fourth-order valence-corrected chi connectivity index (χ4v) is 1.78. The standard InChI is InChI=1S/C16H19N3/c1-4-16(2,3)11-18-15-13(10-17)9-12-7-5-6-8-14(12)19-15/h5-9H,4,11H2,1-3H3,(H,18,19). The molecule has 1 heterocycles. The first-order chi connectivity index (χ1) is 9.05. The average Bonchev–Trinajstić information content (AvgIpc) is 2.44. The molecule has 0 aliphatic heterocycles. The first-order valence-corrected chi connectivity index (χ1v) is 6.59. The first kappa shape index (κ1) is 13.4. The second-order valence-corrected chi connectivity index (χ2v) is 5.56. The van der Waals surface area contributed by atoms with E-state index >= 15 is 0 Å². The minimum atomic E-state index is 0.194. The summed E-state index contributed by atoms with van der Waals surface area (Å²) in [6, 6.07) is 12.0. The Hall–Kier alpha value is -2.08. The summed E-state index contributed by atoms with van der Waals surface area (Å²) in [6.07, 6.45) is 1.08. The summed E-state index contributed by atoms with van der Waals surface area (Å²) in [7, 11) is 0. The highest BCUT2D eigenvalue weighted by atomic mass is 15.0. The zero-order chi connectivity index (χ0) is 13.9. The minimum absolute atomic E-state index is 0.194. The number of nitriles is 1. The molecule has 3 nitrogen and oxygen atoms in total. The molecule has 19 heavy (non-hydrogen) atoms. The number of nitrogens with zero attached hydrogens (tertiary/aromatic N) is 2. The van der Waals surface area contributed by atoms with E-state index in [2.05, 4.69) is 37.1 Å². The van der Waals surface area contributed by atoms with Crippen molar-refractivity contribution in [2.45, 2.75) is 27.2 Å². The van der Waals surface area contributed by atoms with Crippen LogP contribution in [0.3, 0.4) is 0 Å². The van der Waals surface area contributed by atoms with Crippen LogP contribution < -0.4 is 5.32 Å². The number of benzene rings is 1. The van der Waals surface area contributed by atoms with Gasteiger partial charge in [-0.25, -0.2) is 4.98 Å². The number of para-hydroxylation sites is 1. The fraction of sp³-hybridized carbons (Fsp3) is 0.375. The van der Waals surface area contributed by atoms with Crippen molar-refractivity contribution < 1.29 is 0 Å². The van der Waals surface area contributed by atoms with Gasteiger partial charge in [0.15, 0.2) is 0 Å². The number of nitrogens with one attached hydrogen (secondary N) is 1. The molecule has 0 radical (unpaired) electrons. The van der Waals surface area contributed by atoms with Crippen molar-refractivity contribution in [2.24, 2.45) is 5.41 Å². The van der Waals surface area contributed by atoms with Gasteiger partial charge in [0.1, 0.15) is 11.9 Å². The van der Waals surface area contributed by atoms with E-state index in [1.54, 1.807) is 0 Å². The zero-order valence-corrected chi connectivity index (χ0v) is 11.7. The first-order valence-electron chi connectivity index (χ1n) is 6.59. The van der Waals surface area contributed by atoms with E-state index in [0.29, 0.717) is 11.4 Å². The highest BCUT2D eigenvalue weighted by Gasteiger charge is 2.16. The van der Waals surface area contributed by atoms with E-state index < -0.39 is 0 Å². The fourth-order valence-electron chi connectivity index (χ4n) is 1.78. The molecular formula is C16H19N3. The van der Waals surface area contributed by atoms with Crippen molar-refractivity contribution in [3.8, 4) is 6.07 Å². The van der Waals surface area contributed by atoms with Gasteiger partial charge in [0.2, 0.25) is 0 Å². The van der Waals surface area contributed by atoms with Crippen LogP contribution in [-0.2, 0) is 0 Å². The second kappa shape index (κ2) is 5.27. The molecule has 0 fully saturated rings. The van der Waals surface area contributed by atoms with Crippen molar-refractivity contribution in [1.82, 2.24) is 4.98 Å². The summed E-state index contributed by atoms with van der Waals surface area (Å²) in [4.78, 5) is 4.55. The van der Waals surface area contributed by atoms with Crippen LogP contribution in [0, 0.1) is 16.7 Å². The zero-order valence-electron chi connectivity index (χ0n) is 11.7. The summed E-state index contributed by atoms with van der Waals surface area (Å²) in [6.45, 7) is 7.38. The molecule has 3 heteroatoms. The predicted molar refractivity (Wildman–Crippen MR) is 79.0 cm³/mol. The largest absolute Gasteiger partial charge is 0.368 e. The Bertz CT molecular complexity index is 623. The van der Waals surface area contributed by atoms with E-state index in [4.69, 9.17) is 0 Å². The number of pyridine rings is 1. The molecule has 0 aliphatic carbocycles. The number of aromatic nitrogens is 1. The topological polar surface area (TPSA) is 48.7 Å². The van der Waals surface area contributed by atoms with Gasteiger partial charge in [-0.2, -0.15) is 5.26 Å². The Balaban J connectivity index is 2.34. The van der Waals surface area contributed by atoms with Gasteiger partial charge in [-0.3, -0.25) is 0 Å². The van der Waals surface area contributed by atoms with Crippen molar-refractivity contribution >= 4 is 16.7 Å². The molecule has 0 unspecified atom stereocenters. The van der Waals surface area contributed by atoms with Gasteiger partial charge < -0.3 is 5.32 Å². The van der Waals surface area contributed by atoms with E-state index in [1.807, 2.05) is 30.3 Å². The van der Waals surface area contributed by atoms with E-state index in [1.165, 1.54) is 0 Å². The van der Waals surface area contributed by atoms with Crippen molar-refractivity contribution in [3.05, 3.63) is 35.9 Å². The van der Waals surface area contributed by atoms with Gasteiger partial charge in [-0.15, -0.1) is 0 Å². The van der Waals surface area contributed by atoms with Crippen LogP contribution >= 0.6 is 0 Å². The highest BCUT2D eigenvalue weighted by Crippen LogP contribution is 2.23. The molecule has 1 aromatic carbocycles. The van der Waals surface area contributed by atoms with E-state index in [0.717, 1.165) is 23.9 Å². The third kappa shape index (κ3) is 3.03. The van der Waals surface area contributed by atoms with Gasteiger partial charge in [-0.1, -0.05) is 39.0 Å². The number of hydrogen-bond acceptors (Lipinski definition) is 3. The third-order valence-electron chi connectivity index (χ3n) is 3.54. The molecule has 0 atom stereocenters. The van der Waals surface area contributed by atoms with Crippen molar-refractivity contribution in [1.29, 1.82) is 5.26 Å². The molecule has 1 aromatic heterocycles. The summed E-state index contributed by atoms with van der Waals surface area (Å²) >= 11 is 0. The van der Waals surface area contributed by atoms with Crippen LogP contribution in [0.15, 0.2) is 30.3 Å². The maximum absolute atomic E-state index is 9.23. The monoisotopic (exact) mass is 253 g/mol. The van der Waals surface area contributed by atoms with Gasteiger partial charge in [0.05, 0.1) is 11.1 Å². The van der Waals surface area contributed by atoms with Crippen LogP contribution in [0.1, 0.15) is 32.8 Å². The molecular weight excluding hydrogens is 234 g/mol. The quantitative estimate of drug-likeness (QED) is 0.897. The summed E-state index contributed by atoms with van der Waals surface area (Å²) in [5.41, 5.74) is 1.71. The predicted octanol–water partition coefficient (Wildman–Crippen LogP) is 3.95. The van der Waals surface area contributed by atoms with Gasteiger partial charge in [-0.05, 0) is 24.0 Å². The number of fused-ring (bicyclic) bond motifs is 1. The lowest BCUT2D eigenvalue weighted by Crippen LogP contribution is -2.22. The summed E-state index contributed by atoms with van der Waals surface area (Å²) in [5, 5.41) is 13.5. The molecule has 98 valence electrons. The average molecular weight is 253 g/mol. The lowest BCUT2D eigenvalue weighted by atomic mass is 9.90. The smallest absolute Gasteiger partial charge is 0.144 e. The Labute approximate surface area is 114 Å². The number of anilines is 1. The summed E-state index contributed by atoms with van der Waals surface area (Å²) in [5.74, 6) is 0.683. The number of hydrogen-bond donors (Lipinski definition) is 1. The molecule has 1 N–H and O–H groups in total. The molecule has 0 saturated carbocycles. The van der Waals surface area contributed by atoms with Crippen LogP contribution in [-0.4, -0.2) is 11.5 Å². The van der Waals surface area contributed by atoms with E-state index in [-0.39, 0.29) is 5.41 Å². The highest BCUT2D eigenvalue weighted by molar-refractivity contribution is 5.82. The number of rotatable bonds is 4. The SMILES string of the molecule is CCC(C)(C)CNc1nc2ccccc2cc1C#N. The van der Waals surface area contributed by atoms with Crippen LogP contribution in [0.25, 0.3) is 10.9 Å². The maximum Gasteiger partial charge on any atom is 0.144 e. The Morgan fingerprint density at radius 2 is 2.05 bits per heavy atom. The van der Waals surface area contributed by atoms with Crippen molar-refractivity contribution in [3.63, 3.8) is 0 Å². The van der Waals surface area contributed by atoms with Crippen LogP contribution in [0.2, 0.25) is 0 Å². The Kier molecular flexibility index (Phi) is 3.71. The Morgan fingerprint density at radius 1 is 1.32 bits per heavy atom. The Morgan fingerprint density at radius 3 is 2.74 bits per heavy atom. The summed E-state index contributed by atoms with van der Waals surface area (Å²) < 4.78 is 0. The maximum atomic E-state index is 9.23. The van der Waals surface area contributed by atoms with E-state index in [9.17, 15) is 5.26 Å². The normalized spacial score (nSPS) is 11.3. The molecule has 2 rings (SSSR count). The molecule has 0 spiro atoms. The van der Waals surface area contributed by atoms with Crippen LogP contribution in [0.4, 0.5) is 5.82 Å². The lowest BCUT2D eigenvalue weighted by molar-refractivity contribution is 0.376. The molecule has 0 bridgehead atoms. The van der Waals surface area contributed by atoms with Gasteiger partial charge >= 0.3 is 0 Å². The molecule has 0 aliphatic rings. The lowest BCUT2D eigenvalue weighted by Gasteiger charge is -2.23. The van der Waals surface area contributed by atoms with Crippen LogP contribution in [0.5, 0.6) is 0 Å². The minimum Gasteiger partial charge on any atom is -0.368 e. The van der Waals surface area contributed by atoms with Crippen molar-refractivity contribution in [2.75, 3.05) is 11.9 Å². The molecule has 2 aromatic rings. The van der Waals surface area contributed by atoms with Gasteiger partial charge in [0.25, 0.3) is 0 Å².